The van der Waals surface area contributed by atoms with Gasteiger partial charge in [0.2, 0.25) is 5.88 Å². The van der Waals surface area contributed by atoms with Crippen molar-refractivity contribution < 1.29 is 4.74 Å². The molecule has 140 valence electrons. The summed E-state index contributed by atoms with van der Waals surface area (Å²) in [6.45, 7) is 16.4. The summed E-state index contributed by atoms with van der Waals surface area (Å²) in [4.78, 5) is 7.34. The van der Waals surface area contributed by atoms with Crippen LogP contribution < -0.4 is 9.64 Å². The Bertz CT molecular complexity index is 789. The van der Waals surface area contributed by atoms with Gasteiger partial charge in [0.1, 0.15) is 5.75 Å². The lowest BCUT2D eigenvalue weighted by Crippen LogP contribution is -2.38. The lowest BCUT2D eigenvalue weighted by molar-refractivity contribution is 0.434. The number of fused-ring (bicyclic) bond motifs is 1. The average Bonchev–Trinajstić information content (AvgIpc) is 2.57. The van der Waals surface area contributed by atoms with Crippen LogP contribution in [0.25, 0.3) is 0 Å². The fraction of sp³-hybridized carbons (Fsp3) is 0.522. The van der Waals surface area contributed by atoms with Crippen molar-refractivity contribution in [2.24, 2.45) is 0 Å². The van der Waals surface area contributed by atoms with Crippen LogP contribution in [0.4, 0.5) is 5.69 Å². The van der Waals surface area contributed by atoms with Crippen molar-refractivity contribution in [1.82, 2.24) is 4.98 Å². The Balaban J connectivity index is 2.11. The molecule has 26 heavy (non-hydrogen) atoms. The molecule has 0 aliphatic carbocycles. The first-order valence-electron chi connectivity index (χ1n) is 9.85. The molecule has 2 heterocycles. The lowest BCUT2D eigenvalue weighted by Gasteiger charge is -2.39. The van der Waals surface area contributed by atoms with E-state index in [-0.39, 0.29) is 0 Å². The van der Waals surface area contributed by atoms with Crippen LogP contribution in [0.3, 0.4) is 0 Å². The maximum Gasteiger partial charge on any atom is 0.225 e. The Morgan fingerprint density at radius 3 is 2.42 bits per heavy atom. The van der Waals surface area contributed by atoms with Crippen molar-refractivity contribution in [3.8, 4) is 11.6 Å². The van der Waals surface area contributed by atoms with Crippen molar-refractivity contribution in [1.29, 1.82) is 0 Å². The fourth-order valence-corrected chi connectivity index (χ4v) is 4.12. The Labute approximate surface area is 158 Å². The van der Waals surface area contributed by atoms with Gasteiger partial charge in [0.05, 0.1) is 0 Å². The van der Waals surface area contributed by atoms with Crippen molar-refractivity contribution in [2.75, 3.05) is 11.4 Å². The third-order valence-electron chi connectivity index (χ3n) is 5.66. The zero-order valence-electron chi connectivity index (χ0n) is 17.3. The number of nitrogens with zero attached hydrogens (tertiary/aromatic N) is 2. The molecule has 0 fully saturated rings. The van der Waals surface area contributed by atoms with E-state index in [0.717, 1.165) is 36.7 Å². The van der Waals surface area contributed by atoms with Gasteiger partial charge in [0, 0.05) is 29.5 Å². The predicted molar refractivity (Wildman–Crippen MR) is 110 cm³/mol. The normalized spacial score (nSPS) is 17.8. The maximum absolute atomic E-state index is 6.47. The molecule has 0 amide bonds. The van der Waals surface area contributed by atoms with Gasteiger partial charge in [-0.2, -0.15) is 0 Å². The second kappa shape index (κ2) is 7.30. The average molecular weight is 353 g/mol. The molecule has 1 aliphatic heterocycles. The Kier molecular flexibility index (Phi) is 5.27. The Hall–Kier alpha value is -2.03. The number of anilines is 1. The van der Waals surface area contributed by atoms with Gasteiger partial charge in [-0.25, -0.2) is 4.98 Å². The molecule has 3 nitrogen and oxygen atoms in total. The predicted octanol–water partition coefficient (Wildman–Crippen LogP) is 6.22. The molecule has 0 N–H and O–H groups in total. The van der Waals surface area contributed by atoms with Gasteiger partial charge < -0.3 is 9.64 Å². The molecular weight excluding hydrogens is 320 g/mol. The van der Waals surface area contributed by atoms with Gasteiger partial charge in [-0.05, 0) is 70.6 Å². The van der Waals surface area contributed by atoms with E-state index in [0.29, 0.717) is 12.0 Å². The minimum absolute atomic E-state index is 0.458. The van der Waals surface area contributed by atoms with Gasteiger partial charge in [-0.1, -0.05) is 31.5 Å². The van der Waals surface area contributed by atoms with Crippen LogP contribution in [-0.2, 0) is 0 Å². The molecule has 0 saturated carbocycles. The van der Waals surface area contributed by atoms with E-state index in [9.17, 15) is 0 Å². The van der Waals surface area contributed by atoms with Gasteiger partial charge in [0.15, 0.2) is 0 Å². The van der Waals surface area contributed by atoms with Crippen LogP contribution in [0.2, 0.25) is 0 Å². The minimum Gasteiger partial charge on any atom is -0.438 e. The highest BCUT2D eigenvalue weighted by atomic mass is 16.5. The Morgan fingerprint density at radius 2 is 1.81 bits per heavy atom. The maximum atomic E-state index is 6.47. The molecule has 0 saturated heterocycles. The molecule has 0 spiro atoms. The summed E-state index contributed by atoms with van der Waals surface area (Å²) in [5.74, 6) is 2.19. The number of ether oxygens (including phenoxy) is 1. The van der Waals surface area contributed by atoms with E-state index in [2.05, 4.69) is 71.6 Å². The number of aryl methyl sites for hydroxylation is 4. The molecule has 2 unspecified atom stereocenters. The Morgan fingerprint density at radius 1 is 1.15 bits per heavy atom. The third-order valence-corrected chi connectivity index (χ3v) is 5.66. The van der Waals surface area contributed by atoms with Gasteiger partial charge in [-0.3, -0.25) is 0 Å². The number of benzene rings is 1. The van der Waals surface area contributed by atoms with E-state index < -0.39 is 0 Å². The third kappa shape index (κ3) is 3.44. The molecule has 2 aromatic rings. The number of hydrogen-bond acceptors (Lipinski definition) is 3. The summed E-state index contributed by atoms with van der Waals surface area (Å²) in [5.41, 5.74) is 7.19. The summed E-state index contributed by atoms with van der Waals surface area (Å²) in [7, 11) is 0. The first kappa shape index (κ1) is 18.8. The van der Waals surface area contributed by atoms with Crippen molar-refractivity contribution in [3.05, 3.63) is 46.1 Å². The highest BCUT2D eigenvalue weighted by Crippen LogP contribution is 2.43. The minimum atomic E-state index is 0.458. The van der Waals surface area contributed by atoms with Gasteiger partial charge in [-0.15, -0.1) is 0 Å². The summed E-state index contributed by atoms with van der Waals surface area (Å²) < 4.78 is 6.47. The standard InChI is InChI=1S/C23H32N2O/c1-8-19(7)25-10-9-15(3)21-20(25)13-18(6)24-23(21)26-22-16(4)11-14(2)12-17(22)5/h11-13,15,19H,8-10H2,1-7H3. The molecule has 0 radical (unpaired) electrons. The molecule has 1 aliphatic rings. The first-order valence-corrected chi connectivity index (χ1v) is 9.85. The number of pyridine rings is 1. The monoisotopic (exact) mass is 352 g/mol. The van der Waals surface area contributed by atoms with Gasteiger partial charge >= 0.3 is 0 Å². The zero-order chi connectivity index (χ0) is 19.0. The summed E-state index contributed by atoms with van der Waals surface area (Å²) in [6, 6.07) is 7.12. The second-order valence-corrected chi connectivity index (χ2v) is 7.97. The van der Waals surface area contributed by atoms with E-state index in [1.807, 2.05) is 0 Å². The van der Waals surface area contributed by atoms with E-state index >= 15 is 0 Å². The molecule has 1 aromatic carbocycles. The quantitative estimate of drug-likeness (QED) is 0.653. The van der Waals surface area contributed by atoms with Gasteiger partial charge in [0.25, 0.3) is 0 Å². The molecule has 3 rings (SSSR count). The highest BCUT2D eigenvalue weighted by molar-refractivity contribution is 5.63. The lowest BCUT2D eigenvalue weighted by atomic mass is 9.91. The van der Waals surface area contributed by atoms with Crippen LogP contribution in [0.5, 0.6) is 11.6 Å². The smallest absolute Gasteiger partial charge is 0.225 e. The van der Waals surface area contributed by atoms with Crippen LogP contribution in [0, 0.1) is 27.7 Å². The number of hydrogen-bond donors (Lipinski definition) is 0. The molecule has 1 aromatic heterocycles. The first-order chi connectivity index (χ1) is 12.3. The van der Waals surface area contributed by atoms with Crippen molar-refractivity contribution >= 4 is 5.69 Å². The van der Waals surface area contributed by atoms with Crippen LogP contribution in [0.15, 0.2) is 18.2 Å². The largest absolute Gasteiger partial charge is 0.438 e. The fourth-order valence-electron chi connectivity index (χ4n) is 4.12. The van der Waals surface area contributed by atoms with E-state index in [4.69, 9.17) is 9.72 Å². The summed E-state index contributed by atoms with van der Waals surface area (Å²) in [6.07, 6.45) is 2.28. The molecule has 3 heteroatoms. The zero-order valence-corrected chi connectivity index (χ0v) is 17.3. The van der Waals surface area contributed by atoms with Crippen LogP contribution in [-0.4, -0.2) is 17.6 Å². The van der Waals surface area contributed by atoms with Crippen molar-refractivity contribution in [3.63, 3.8) is 0 Å². The molecule has 0 bridgehead atoms. The summed E-state index contributed by atoms with van der Waals surface area (Å²) in [5, 5.41) is 0. The summed E-state index contributed by atoms with van der Waals surface area (Å²) >= 11 is 0. The van der Waals surface area contributed by atoms with Crippen LogP contribution in [0.1, 0.15) is 67.5 Å². The van der Waals surface area contributed by atoms with Crippen molar-refractivity contribution in [2.45, 2.75) is 73.3 Å². The number of rotatable bonds is 4. The van der Waals surface area contributed by atoms with E-state index in [1.54, 1.807) is 0 Å². The van der Waals surface area contributed by atoms with E-state index in [1.165, 1.54) is 27.9 Å². The van der Waals surface area contributed by atoms with Crippen LogP contribution >= 0.6 is 0 Å². The molecule has 2 atom stereocenters. The molecular formula is C23H32N2O. The second-order valence-electron chi connectivity index (χ2n) is 7.97. The SMILES string of the molecule is CCC(C)N1CCC(C)c2c1cc(C)nc2Oc1c(C)cc(C)cc1C. The highest BCUT2D eigenvalue weighted by Gasteiger charge is 2.29. The topological polar surface area (TPSA) is 25.4 Å². The number of aromatic nitrogens is 1.